The van der Waals surface area contributed by atoms with Crippen LogP contribution in [0.5, 0.6) is 0 Å². The molecule has 4 nitrogen and oxygen atoms in total. The van der Waals surface area contributed by atoms with Gasteiger partial charge in [0.05, 0.1) is 17.8 Å². The Labute approximate surface area is 160 Å². The summed E-state index contributed by atoms with van der Waals surface area (Å²) < 4.78 is 8.54. The average molecular weight is 362 g/mol. The molecule has 0 bridgehead atoms. The van der Waals surface area contributed by atoms with Gasteiger partial charge in [-0.2, -0.15) is 5.10 Å². The van der Waals surface area contributed by atoms with Crippen molar-refractivity contribution in [1.29, 1.82) is 0 Å². The molecule has 1 saturated heterocycles. The van der Waals surface area contributed by atoms with E-state index >= 15 is 0 Å². The number of hydrogen-bond acceptors (Lipinski definition) is 3. The third-order valence-corrected chi connectivity index (χ3v) is 6.13. The molecular formula is C22H39N3O. The van der Waals surface area contributed by atoms with Gasteiger partial charge in [0.15, 0.2) is 0 Å². The van der Waals surface area contributed by atoms with Gasteiger partial charge in [-0.1, -0.05) is 27.7 Å². The van der Waals surface area contributed by atoms with E-state index in [0.717, 1.165) is 6.61 Å². The van der Waals surface area contributed by atoms with Gasteiger partial charge >= 0.3 is 0 Å². The van der Waals surface area contributed by atoms with Crippen LogP contribution in [0.3, 0.4) is 0 Å². The highest BCUT2D eigenvalue weighted by atomic mass is 16.5. The highest BCUT2D eigenvalue weighted by Crippen LogP contribution is 2.33. The molecule has 0 N–H and O–H groups in total. The van der Waals surface area contributed by atoms with E-state index in [4.69, 9.17) is 9.84 Å². The molecule has 148 valence electrons. The van der Waals surface area contributed by atoms with Crippen molar-refractivity contribution in [3.63, 3.8) is 0 Å². The fraction of sp³-hybridized carbons (Fsp3) is 0.864. The Morgan fingerprint density at radius 2 is 1.73 bits per heavy atom. The van der Waals surface area contributed by atoms with Gasteiger partial charge in [-0.15, -0.1) is 0 Å². The molecule has 1 aliphatic carbocycles. The summed E-state index contributed by atoms with van der Waals surface area (Å²) in [6.45, 7) is 13.8. The summed E-state index contributed by atoms with van der Waals surface area (Å²) in [7, 11) is 0. The minimum absolute atomic E-state index is 0.465. The van der Waals surface area contributed by atoms with Gasteiger partial charge in [0.25, 0.3) is 0 Å². The Balaban J connectivity index is 1.44. The lowest BCUT2D eigenvalue weighted by molar-refractivity contribution is 0.0143. The lowest BCUT2D eigenvalue weighted by atomic mass is 9.92. The summed E-state index contributed by atoms with van der Waals surface area (Å²) in [5, 5.41) is 4.97. The van der Waals surface area contributed by atoms with Crippen molar-refractivity contribution < 1.29 is 4.74 Å². The van der Waals surface area contributed by atoms with Crippen molar-refractivity contribution in [2.24, 2.45) is 0 Å². The predicted octanol–water partition coefficient (Wildman–Crippen LogP) is 5.12. The molecule has 4 heteroatoms. The van der Waals surface area contributed by atoms with Crippen LogP contribution in [0, 0.1) is 0 Å². The van der Waals surface area contributed by atoms with E-state index in [0.29, 0.717) is 24.0 Å². The molecule has 0 aromatic carbocycles. The van der Waals surface area contributed by atoms with Gasteiger partial charge in [-0.05, 0) is 75.9 Å². The van der Waals surface area contributed by atoms with Crippen molar-refractivity contribution in [3.05, 3.63) is 17.5 Å². The first-order valence-corrected chi connectivity index (χ1v) is 11.0. The van der Waals surface area contributed by atoms with Gasteiger partial charge in [-0.25, -0.2) is 0 Å². The molecule has 1 saturated carbocycles. The molecule has 2 heterocycles. The van der Waals surface area contributed by atoms with Crippen LogP contribution in [0.2, 0.25) is 0 Å². The minimum Gasteiger partial charge on any atom is -0.378 e. The molecule has 0 unspecified atom stereocenters. The minimum atomic E-state index is 0.465. The summed E-state index contributed by atoms with van der Waals surface area (Å²) in [4.78, 5) is 2.58. The maximum absolute atomic E-state index is 6.19. The van der Waals surface area contributed by atoms with Crippen molar-refractivity contribution in [1.82, 2.24) is 14.7 Å². The maximum Gasteiger partial charge on any atom is 0.0653 e. The highest BCUT2D eigenvalue weighted by molar-refractivity contribution is 5.17. The van der Waals surface area contributed by atoms with Crippen molar-refractivity contribution >= 4 is 0 Å². The van der Waals surface area contributed by atoms with E-state index in [2.05, 4.69) is 43.3 Å². The smallest absolute Gasteiger partial charge is 0.0653 e. The number of likely N-dealkylation sites (tertiary alicyclic amines) is 1. The van der Waals surface area contributed by atoms with Crippen molar-refractivity contribution in [3.8, 4) is 0 Å². The van der Waals surface area contributed by atoms with Gasteiger partial charge in [-0.3, -0.25) is 4.68 Å². The standard InChI is InChI=1S/C22H39N3O/c1-17(2)21-16-22(18(3)4)25(23-21)19-8-10-20(11-9-19)26-15-7-14-24-12-5-6-13-24/h16-20H,5-15H2,1-4H3/t19-,20-. The van der Waals surface area contributed by atoms with Gasteiger partial charge in [0, 0.05) is 18.8 Å². The van der Waals surface area contributed by atoms with Crippen molar-refractivity contribution in [2.75, 3.05) is 26.2 Å². The second-order valence-electron chi connectivity index (χ2n) is 8.95. The van der Waals surface area contributed by atoms with Crippen molar-refractivity contribution in [2.45, 2.75) is 96.6 Å². The van der Waals surface area contributed by atoms with E-state index in [1.54, 1.807) is 0 Å². The average Bonchev–Trinajstić information content (AvgIpc) is 3.29. The predicted molar refractivity (Wildman–Crippen MR) is 108 cm³/mol. The molecule has 26 heavy (non-hydrogen) atoms. The Morgan fingerprint density at radius 3 is 2.35 bits per heavy atom. The zero-order chi connectivity index (χ0) is 18.5. The normalized spacial score (nSPS) is 24.8. The Bertz CT molecular complexity index is 538. The first-order valence-electron chi connectivity index (χ1n) is 11.0. The fourth-order valence-electron chi connectivity index (χ4n) is 4.44. The SMILES string of the molecule is CC(C)c1cc(C(C)C)n([C@H]2CC[C@H](OCCCN3CCCC3)CC2)n1. The second kappa shape index (κ2) is 9.36. The molecule has 3 rings (SSSR count). The Kier molecular flexibility index (Phi) is 7.16. The summed E-state index contributed by atoms with van der Waals surface area (Å²) >= 11 is 0. The third-order valence-electron chi connectivity index (χ3n) is 6.13. The largest absolute Gasteiger partial charge is 0.378 e. The quantitative estimate of drug-likeness (QED) is 0.602. The molecule has 1 aliphatic heterocycles. The van der Waals surface area contributed by atoms with Crippen LogP contribution in [-0.2, 0) is 4.74 Å². The van der Waals surface area contributed by atoms with E-state index in [9.17, 15) is 0 Å². The summed E-state index contributed by atoms with van der Waals surface area (Å²) in [5.41, 5.74) is 2.65. The summed E-state index contributed by atoms with van der Waals surface area (Å²) in [6.07, 6.45) is 9.20. The molecule has 0 atom stereocenters. The zero-order valence-corrected chi connectivity index (χ0v) is 17.4. The molecule has 0 spiro atoms. The van der Waals surface area contributed by atoms with Gasteiger partial charge in [0.2, 0.25) is 0 Å². The Hall–Kier alpha value is -0.870. The fourth-order valence-corrected chi connectivity index (χ4v) is 4.44. The first kappa shape index (κ1) is 19.9. The van der Waals surface area contributed by atoms with E-state index in [1.807, 2.05) is 0 Å². The molecule has 1 aromatic heterocycles. The van der Waals surface area contributed by atoms with Gasteiger partial charge in [0.1, 0.15) is 0 Å². The molecule has 0 amide bonds. The monoisotopic (exact) mass is 361 g/mol. The van der Waals surface area contributed by atoms with Crippen LogP contribution in [-0.4, -0.2) is 47.0 Å². The zero-order valence-electron chi connectivity index (χ0n) is 17.4. The van der Waals surface area contributed by atoms with Gasteiger partial charge < -0.3 is 9.64 Å². The topological polar surface area (TPSA) is 30.3 Å². The summed E-state index contributed by atoms with van der Waals surface area (Å²) in [6, 6.07) is 2.89. The highest BCUT2D eigenvalue weighted by Gasteiger charge is 2.26. The lowest BCUT2D eigenvalue weighted by Gasteiger charge is -2.30. The maximum atomic E-state index is 6.19. The number of rotatable bonds is 8. The van der Waals surface area contributed by atoms with Crippen LogP contribution in [0.1, 0.15) is 102 Å². The molecule has 0 radical (unpaired) electrons. The molecule has 1 aromatic rings. The number of ether oxygens (including phenoxy) is 1. The molecule has 2 fully saturated rings. The Morgan fingerprint density at radius 1 is 1.04 bits per heavy atom. The van der Waals surface area contributed by atoms with Crippen LogP contribution in [0.25, 0.3) is 0 Å². The second-order valence-corrected chi connectivity index (χ2v) is 8.95. The van der Waals surface area contributed by atoms with Crippen LogP contribution < -0.4 is 0 Å². The van der Waals surface area contributed by atoms with Crippen LogP contribution in [0.4, 0.5) is 0 Å². The van der Waals surface area contributed by atoms with Crippen LogP contribution in [0.15, 0.2) is 6.07 Å². The lowest BCUT2D eigenvalue weighted by Crippen LogP contribution is -2.27. The summed E-state index contributed by atoms with van der Waals surface area (Å²) in [5.74, 6) is 1.04. The number of nitrogens with zero attached hydrogens (tertiary/aromatic N) is 3. The number of hydrogen-bond donors (Lipinski definition) is 0. The first-order chi connectivity index (χ1) is 12.5. The number of aromatic nitrogens is 2. The van der Waals surface area contributed by atoms with E-state index < -0.39 is 0 Å². The molecule has 2 aliphatic rings. The van der Waals surface area contributed by atoms with Crippen LogP contribution >= 0.6 is 0 Å². The van der Waals surface area contributed by atoms with E-state index in [-0.39, 0.29) is 0 Å². The van der Waals surface area contributed by atoms with E-state index in [1.165, 1.54) is 76.0 Å². The third kappa shape index (κ3) is 5.10. The molecular weight excluding hydrogens is 322 g/mol.